The predicted octanol–water partition coefficient (Wildman–Crippen LogP) is 1.76. The first kappa shape index (κ1) is 15.1. The summed E-state index contributed by atoms with van der Waals surface area (Å²) in [5.74, 6) is 0.607. The molecule has 2 aromatic rings. The van der Waals surface area contributed by atoms with Gasteiger partial charge in [-0.05, 0) is 33.6 Å². The monoisotopic (exact) mass is 364 g/mol. The Hall–Kier alpha value is -1.86. The smallest absolute Gasteiger partial charge is 0.272 e. The number of halogens is 1. The second kappa shape index (κ2) is 6.50. The van der Waals surface area contributed by atoms with Crippen LogP contribution in [0.25, 0.3) is 0 Å². The summed E-state index contributed by atoms with van der Waals surface area (Å²) in [5, 5.41) is 13.3. The van der Waals surface area contributed by atoms with Gasteiger partial charge in [0.1, 0.15) is 5.75 Å². The maximum Gasteiger partial charge on any atom is 0.272 e. The Morgan fingerprint density at radius 1 is 1.50 bits per heavy atom. The minimum absolute atomic E-state index is 0.159. The molecule has 116 valence electrons. The Morgan fingerprint density at radius 3 is 3.14 bits per heavy atom. The van der Waals surface area contributed by atoms with Gasteiger partial charge in [0.2, 0.25) is 0 Å². The van der Waals surface area contributed by atoms with Gasteiger partial charge in [0.25, 0.3) is 5.91 Å². The first-order chi connectivity index (χ1) is 10.7. The van der Waals surface area contributed by atoms with Crippen molar-refractivity contribution in [2.45, 2.75) is 19.5 Å². The summed E-state index contributed by atoms with van der Waals surface area (Å²) in [6, 6.07) is 5.72. The van der Waals surface area contributed by atoms with Gasteiger partial charge in [-0.25, -0.2) is 0 Å². The molecule has 1 aliphatic rings. The van der Waals surface area contributed by atoms with Gasteiger partial charge >= 0.3 is 0 Å². The first-order valence-corrected chi connectivity index (χ1v) is 7.86. The molecular weight excluding hydrogens is 348 g/mol. The van der Waals surface area contributed by atoms with Crippen LogP contribution in [0.4, 0.5) is 0 Å². The number of H-pyrrole nitrogens is 1. The standard InChI is InChI=1S/C15H17BrN4O2/c1-22-13-3-2-9(6-11(13)16)7-18-15(21)14-10-8-17-5-4-12(10)19-20-14/h2-3,6,17H,4-5,7-8H2,1H3,(H,18,21)(H,19,20). The first-order valence-electron chi connectivity index (χ1n) is 7.06. The van der Waals surface area contributed by atoms with E-state index in [0.29, 0.717) is 18.8 Å². The van der Waals surface area contributed by atoms with Crippen molar-refractivity contribution in [3.05, 3.63) is 45.2 Å². The Kier molecular flexibility index (Phi) is 4.44. The lowest BCUT2D eigenvalue weighted by Crippen LogP contribution is -2.28. The highest BCUT2D eigenvalue weighted by atomic mass is 79.9. The third-order valence-corrected chi connectivity index (χ3v) is 4.31. The van der Waals surface area contributed by atoms with Gasteiger partial charge in [0.15, 0.2) is 5.69 Å². The summed E-state index contributed by atoms with van der Waals surface area (Å²) in [4.78, 5) is 12.3. The summed E-state index contributed by atoms with van der Waals surface area (Å²) in [6.07, 6.45) is 0.876. The van der Waals surface area contributed by atoms with Gasteiger partial charge in [-0.15, -0.1) is 0 Å². The number of rotatable bonds is 4. The number of amides is 1. The molecule has 3 rings (SSSR count). The molecule has 1 aliphatic heterocycles. The highest BCUT2D eigenvalue weighted by molar-refractivity contribution is 9.10. The zero-order valence-electron chi connectivity index (χ0n) is 12.2. The van der Waals surface area contributed by atoms with Crippen LogP contribution in [0.2, 0.25) is 0 Å². The van der Waals surface area contributed by atoms with E-state index in [-0.39, 0.29) is 5.91 Å². The molecule has 22 heavy (non-hydrogen) atoms. The largest absolute Gasteiger partial charge is 0.496 e. The van der Waals surface area contributed by atoms with E-state index >= 15 is 0 Å². The van der Waals surface area contributed by atoms with E-state index in [0.717, 1.165) is 40.0 Å². The Balaban J connectivity index is 1.67. The van der Waals surface area contributed by atoms with E-state index in [1.165, 1.54) is 0 Å². The van der Waals surface area contributed by atoms with Crippen LogP contribution in [0, 0.1) is 0 Å². The molecule has 0 spiro atoms. The van der Waals surface area contributed by atoms with Crippen molar-refractivity contribution in [2.75, 3.05) is 13.7 Å². The molecule has 0 unspecified atom stereocenters. The number of carbonyl (C=O) groups is 1. The van der Waals surface area contributed by atoms with Gasteiger partial charge in [-0.1, -0.05) is 6.07 Å². The molecule has 0 saturated heterocycles. The van der Waals surface area contributed by atoms with Crippen molar-refractivity contribution in [3.8, 4) is 5.75 Å². The average Bonchev–Trinajstić information content (AvgIpc) is 2.97. The van der Waals surface area contributed by atoms with Crippen molar-refractivity contribution in [3.63, 3.8) is 0 Å². The number of hydrogen-bond donors (Lipinski definition) is 3. The van der Waals surface area contributed by atoms with E-state index in [9.17, 15) is 4.79 Å². The van der Waals surface area contributed by atoms with Crippen molar-refractivity contribution in [1.82, 2.24) is 20.8 Å². The van der Waals surface area contributed by atoms with Crippen LogP contribution < -0.4 is 15.4 Å². The number of carbonyl (C=O) groups excluding carboxylic acids is 1. The van der Waals surface area contributed by atoms with Crippen molar-refractivity contribution in [1.29, 1.82) is 0 Å². The fraction of sp³-hybridized carbons (Fsp3) is 0.333. The lowest BCUT2D eigenvalue weighted by Gasteiger charge is -2.13. The maximum absolute atomic E-state index is 12.3. The van der Waals surface area contributed by atoms with E-state index in [1.54, 1.807) is 7.11 Å². The van der Waals surface area contributed by atoms with Gasteiger partial charge in [-0.3, -0.25) is 9.89 Å². The van der Waals surface area contributed by atoms with E-state index in [1.807, 2.05) is 18.2 Å². The lowest BCUT2D eigenvalue weighted by atomic mass is 10.1. The van der Waals surface area contributed by atoms with Gasteiger partial charge in [-0.2, -0.15) is 5.10 Å². The molecule has 0 aliphatic carbocycles. The summed E-state index contributed by atoms with van der Waals surface area (Å²) in [5.41, 5.74) is 3.49. The molecule has 1 amide bonds. The number of nitrogens with zero attached hydrogens (tertiary/aromatic N) is 1. The fourth-order valence-corrected chi connectivity index (χ4v) is 3.09. The average molecular weight is 365 g/mol. The molecule has 2 heterocycles. The van der Waals surface area contributed by atoms with Crippen LogP contribution in [-0.2, 0) is 19.5 Å². The Morgan fingerprint density at radius 2 is 2.36 bits per heavy atom. The zero-order chi connectivity index (χ0) is 15.5. The summed E-state index contributed by atoms with van der Waals surface area (Å²) >= 11 is 3.44. The lowest BCUT2D eigenvalue weighted by molar-refractivity contribution is 0.0944. The summed E-state index contributed by atoms with van der Waals surface area (Å²) < 4.78 is 6.06. The van der Waals surface area contributed by atoms with Gasteiger partial charge in [0.05, 0.1) is 11.6 Å². The minimum atomic E-state index is -0.159. The van der Waals surface area contributed by atoms with Crippen LogP contribution in [0.5, 0.6) is 5.75 Å². The van der Waals surface area contributed by atoms with Crippen LogP contribution >= 0.6 is 15.9 Å². The van der Waals surface area contributed by atoms with Crippen molar-refractivity contribution in [2.24, 2.45) is 0 Å². The second-order valence-electron chi connectivity index (χ2n) is 5.11. The highest BCUT2D eigenvalue weighted by Crippen LogP contribution is 2.25. The normalized spacial score (nSPS) is 13.5. The molecule has 0 saturated carbocycles. The summed E-state index contributed by atoms with van der Waals surface area (Å²) in [7, 11) is 1.62. The van der Waals surface area contributed by atoms with E-state index < -0.39 is 0 Å². The molecule has 0 radical (unpaired) electrons. The van der Waals surface area contributed by atoms with Gasteiger partial charge in [0, 0.05) is 37.3 Å². The Labute approximate surface area is 136 Å². The number of aromatic amines is 1. The van der Waals surface area contributed by atoms with Crippen LogP contribution in [0.3, 0.4) is 0 Å². The number of benzene rings is 1. The fourth-order valence-electron chi connectivity index (χ4n) is 2.50. The van der Waals surface area contributed by atoms with E-state index in [4.69, 9.17) is 4.74 Å². The molecule has 0 fully saturated rings. The third-order valence-electron chi connectivity index (χ3n) is 3.69. The number of aromatic nitrogens is 2. The molecule has 0 bridgehead atoms. The number of hydrogen-bond acceptors (Lipinski definition) is 4. The topological polar surface area (TPSA) is 79.0 Å². The van der Waals surface area contributed by atoms with E-state index in [2.05, 4.69) is 36.8 Å². The molecule has 7 heteroatoms. The number of methoxy groups -OCH3 is 1. The van der Waals surface area contributed by atoms with Crippen LogP contribution in [0.15, 0.2) is 22.7 Å². The highest BCUT2D eigenvalue weighted by Gasteiger charge is 2.21. The molecule has 0 atom stereocenters. The minimum Gasteiger partial charge on any atom is -0.496 e. The third kappa shape index (κ3) is 3.00. The molecule has 3 N–H and O–H groups in total. The van der Waals surface area contributed by atoms with Gasteiger partial charge < -0.3 is 15.4 Å². The summed E-state index contributed by atoms with van der Waals surface area (Å²) in [6.45, 7) is 2.04. The maximum atomic E-state index is 12.3. The SMILES string of the molecule is COc1ccc(CNC(=O)c2n[nH]c3c2CNCC3)cc1Br. The Bertz CT molecular complexity index is 699. The second-order valence-corrected chi connectivity index (χ2v) is 5.96. The quantitative estimate of drug-likeness (QED) is 0.772. The van der Waals surface area contributed by atoms with Crippen LogP contribution in [-0.4, -0.2) is 29.8 Å². The molecule has 6 nitrogen and oxygen atoms in total. The van der Waals surface area contributed by atoms with Crippen LogP contribution in [0.1, 0.15) is 27.3 Å². The molecule has 1 aromatic carbocycles. The molecule has 1 aromatic heterocycles. The zero-order valence-corrected chi connectivity index (χ0v) is 13.8. The number of fused-ring (bicyclic) bond motifs is 1. The molecular formula is C15H17BrN4O2. The number of nitrogens with one attached hydrogen (secondary N) is 3. The van der Waals surface area contributed by atoms with Crippen molar-refractivity contribution >= 4 is 21.8 Å². The van der Waals surface area contributed by atoms with Crippen molar-refractivity contribution < 1.29 is 9.53 Å². The predicted molar refractivity (Wildman–Crippen MR) is 85.9 cm³/mol. The number of ether oxygens (including phenoxy) is 1.